The molecular weight excluding hydrogens is 285 g/mol. The summed E-state index contributed by atoms with van der Waals surface area (Å²) in [7, 11) is 0. The molecule has 1 heterocycles. The van der Waals surface area contributed by atoms with Gasteiger partial charge in [-0.2, -0.15) is 0 Å². The summed E-state index contributed by atoms with van der Waals surface area (Å²) < 4.78 is 13.5. The number of aryl methyl sites for hydroxylation is 1. The summed E-state index contributed by atoms with van der Waals surface area (Å²) >= 11 is 3.13. The molecule has 0 unspecified atom stereocenters. The Bertz CT molecular complexity index is 561. The van der Waals surface area contributed by atoms with E-state index in [4.69, 9.17) is 5.73 Å². The Morgan fingerprint density at radius 3 is 2.53 bits per heavy atom. The number of anilines is 1. The predicted octanol–water partition coefficient (Wildman–Crippen LogP) is 3.24. The topological polar surface area (TPSA) is 51.8 Å². The summed E-state index contributed by atoms with van der Waals surface area (Å²) in [6, 6.07) is 4.64. The molecule has 0 spiro atoms. The molecule has 88 valence electrons. The van der Waals surface area contributed by atoms with Crippen molar-refractivity contribution < 1.29 is 4.39 Å². The number of halogens is 2. The van der Waals surface area contributed by atoms with E-state index < -0.39 is 0 Å². The quantitative estimate of drug-likeness (QED) is 0.879. The van der Waals surface area contributed by atoms with Crippen molar-refractivity contribution in [3.8, 4) is 11.4 Å². The lowest BCUT2D eigenvalue weighted by molar-refractivity contribution is 0.621. The zero-order chi connectivity index (χ0) is 12.6. The molecule has 0 aliphatic rings. The van der Waals surface area contributed by atoms with E-state index >= 15 is 0 Å². The normalized spacial score (nSPS) is 10.6. The average molecular weight is 296 g/mol. The summed E-state index contributed by atoms with van der Waals surface area (Å²) in [6.45, 7) is 3.74. The van der Waals surface area contributed by atoms with Crippen molar-refractivity contribution in [2.24, 2.45) is 0 Å². The van der Waals surface area contributed by atoms with Gasteiger partial charge in [0.15, 0.2) is 5.82 Å². The van der Waals surface area contributed by atoms with Crippen LogP contribution in [0, 0.1) is 19.7 Å². The van der Waals surface area contributed by atoms with Crippen LogP contribution >= 0.6 is 15.9 Å². The van der Waals surface area contributed by atoms with E-state index in [2.05, 4.69) is 25.9 Å². The van der Waals surface area contributed by atoms with Crippen LogP contribution in [0.25, 0.3) is 11.4 Å². The van der Waals surface area contributed by atoms with Crippen LogP contribution in [0.2, 0.25) is 0 Å². The molecule has 0 radical (unpaired) electrons. The van der Waals surface area contributed by atoms with Gasteiger partial charge in [-0.1, -0.05) is 0 Å². The van der Waals surface area contributed by atoms with Crippen LogP contribution in [-0.2, 0) is 0 Å². The number of hydrogen-bond acceptors (Lipinski definition) is 3. The second kappa shape index (κ2) is 4.41. The number of nitrogens with two attached hydrogens (primary N) is 1. The van der Waals surface area contributed by atoms with Gasteiger partial charge in [0.1, 0.15) is 11.6 Å². The zero-order valence-corrected chi connectivity index (χ0v) is 11.0. The minimum absolute atomic E-state index is 0.314. The maximum absolute atomic E-state index is 13.1. The third-order valence-electron chi connectivity index (χ3n) is 2.60. The van der Waals surface area contributed by atoms with Crippen LogP contribution < -0.4 is 5.73 Å². The lowest BCUT2D eigenvalue weighted by atomic mass is 10.2. The van der Waals surface area contributed by atoms with E-state index in [9.17, 15) is 4.39 Å². The van der Waals surface area contributed by atoms with E-state index in [1.165, 1.54) is 6.07 Å². The van der Waals surface area contributed by atoms with Gasteiger partial charge in [-0.3, -0.25) is 0 Å². The van der Waals surface area contributed by atoms with Crippen LogP contribution in [0.15, 0.2) is 22.7 Å². The highest BCUT2D eigenvalue weighted by Crippen LogP contribution is 2.24. The number of aromatic nitrogens is 2. The molecule has 1 aromatic carbocycles. The fraction of sp³-hybridized carbons (Fsp3) is 0.167. The Labute approximate surface area is 107 Å². The number of benzene rings is 1. The lowest BCUT2D eigenvalue weighted by Crippen LogP contribution is -2.02. The van der Waals surface area contributed by atoms with E-state index in [1.54, 1.807) is 12.1 Å². The molecule has 0 fully saturated rings. The first-order valence-corrected chi connectivity index (χ1v) is 5.84. The van der Waals surface area contributed by atoms with Gasteiger partial charge in [0.05, 0.1) is 4.47 Å². The molecule has 5 heteroatoms. The second-order valence-corrected chi connectivity index (χ2v) is 4.63. The fourth-order valence-corrected chi connectivity index (χ4v) is 1.79. The number of hydrogen-bond donors (Lipinski definition) is 1. The molecule has 2 N–H and O–H groups in total. The van der Waals surface area contributed by atoms with Gasteiger partial charge in [0, 0.05) is 16.8 Å². The summed E-state index contributed by atoms with van der Waals surface area (Å²) in [5.74, 6) is 0.643. The van der Waals surface area contributed by atoms with Crippen LogP contribution in [0.3, 0.4) is 0 Å². The molecule has 3 nitrogen and oxygen atoms in total. The van der Waals surface area contributed by atoms with Gasteiger partial charge in [-0.15, -0.1) is 0 Å². The molecule has 17 heavy (non-hydrogen) atoms. The van der Waals surface area contributed by atoms with Crippen molar-refractivity contribution in [2.45, 2.75) is 13.8 Å². The van der Waals surface area contributed by atoms with Gasteiger partial charge < -0.3 is 5.73 Å². The maximum atomic E-state index is 13.1. The molecule has 0 saturated heterocycles. The largest absolute Gasteiger partial charge is 0.383 e. The maximum Gasteiger partial charge on any atom is 0.161 e. The highest BCUT2D eigenvalue weighted by atomic mass is 79.9. The molecule has 2 rings (SSSR count). The van der Waals surface area contributed by atoms with Gasteiger partial charge in [0.2, 0.25) is 0 Å². The van der Waals surface area contributed by atoms with Crippen molar-refractivity contribution >= 4 is 21.7 Å². The Hall–Kier alpha value is -1.49. The molecule has 0 amide bonds. The predicted molar refractivity (Wildman–Crippen MR) is 69.0 cm³/mol. The number of rotatable bonds is 1. The Morgan fingerprint density at radius 2 is 1.94 bits per heavy atom. The monoisotopic (exact) mass is 295 g/mol. The average Bonchev–Trinajstić information content (AvgIpc) is 2.29. The third-order valence-corrected chi connectivity index (χ3v) is 3.21. The van der Waals surface area contributed by atoms with E-state index in [0.29, 0.717) is 16.1 Å². The van der Waals surface area contributed by atoms with E-state index in [1.807, 2.05) is 13.8 Å². The van der Waals surface area contributed by atoms with Crippen LogP contribution in [0.4, 0.5) is 10.2 Å². The van der Waals surface area contributed by atoms with Gasteiger partial charge in [0.25, 0.3) is 0 Å². The van der Waals surface area contributed by atoms with Crippen LogP contribution in [-0.4, -0.2) is 9.97 Å². The lowest BCUT2D eigenvalue weighted by Gasteiger charge is -2.07. The molecule has 0 bridgehead atoms. The summed E-state index contributed by atoms with van der Waals surface area (Å²) in [5, 5.41) is 0. The first-order chi connectivity index (χ1) is 7.99. The van der Waals surface area contributed by atoms with Crippen molar-refractivity contribution in [2.75, 3.05) is 5.73 Å². The number of nitrogens with zero attached hydrogens (tertiary/aromatic N) is 2. The molecule has 1 aromatic heterocycles. The zero-order valence-electron chi connectivity index (χ0n) is 9.46. The molecule has 0 aliphatic heterocycles. The molecule has 0 atom stereocenters. The Balaban J connectivity index is 2.57. The minimum atomic E-state index is -0.314. The summed E-state index contributed by atoms with van der Waals surface area (Å²) in [5.41, 5.74) is 8.22. The smallest absolute Gasteiger partial charge is 0.161 e. The Morgan fingerprint density at radius 1 is 1.24 bits per heavy atom. The summed E-state index contributed by atoms with van der Waals surface area (Å²) in [4.78, 5) is 8.54. The van der Waals surface area contributed by atoms with E-state index in [-0.39, 0.29) is 5.82 Å². The molecule has 0 aliphatic carbocycles. The number of nitrogen functional groups attached to an aromatic ring is 1. The van der Waals surface area contributed by atoms with Gasteiger partial charge >= 0.3 is 0 Å². The van der Waals surface area contributed by atoms with Crippen LogP contribution in [0.5, 0.6) is 0 Å². The second-order valence-electron chi connectivity index (χ2n) is 3.77. The Kier molecular flexibility index (Phi) is 3.11. The summed E-state index contributed by atoms with van der Waals surface area (Å²) in [6.07, 6.45) is 0. The minimum Gasteiger partial charge on any atom is -0.383 e. The van der Waals surface area contributed by atoms with Crippen molar-refractivity contribution in [3.63, 3.8) is 0 Å². The third kappa shape index (κ3) is 2.29. The first kappa shape index (κ1) is 12.0. The highest BCUT2D eigenvalue weighted by molar-refractivity contribution is 9.10. The molecule has 2 aromatic rings. The highest BCUT2D eigenvalue weighted by Gasteiger charge is 2.09. The van der Waals surface area contributed by atoms with Crippen molar-refractivity contribution in [3.05, 3.63) is 39.7 Å². The van der Waals surface area contributed by atoms with E-state index in [0.717, 1.165) is 16.8 Å². The standard InChI is InChI=1S/C12H11BrFN3/c1-6-7(2)16-12(17-11(6)15)8-3-4-10(14)9(13)5-8/h3-5H,1-2H3,(H2,15,16,17). The molecular formula is C12H11BrFN3. The first-order valence-electron chi connectivity index (χ1n) is 5.05. The van der Waals surface area contributed by atoms with Crippen molar-refractivity contribution in [1.82, 2.24) is 9.97 Å². The van der Waals surface area contributed by atoms with Gasteiger partial charge in [-0.05, 0) is 48.0 Å². The van der Waals surface area contributed by atoms with Crippen molar-refractivity contribution in [1.29, 1.82) is 0 Å². The SMILES string of the molecule is Cc1nc(-c2ccc(F)c(Br)c2)nc(N)c1C. The molecule has 0 saturated carbocycles. The van der Waals surface area contributed by atoms with Gasteiger partial charge in [-0.25, -0.2) is 14.4 Å². The van der Waals surface area contributed by atoms with Crippen LogP contribution in [0.1, 0.15) is 11.3 Å². The fourth-order valence-electron chi connectivity index (χ4n) is 1.42.